The third-order valence-electron chi connectivity index (χ3n) is 5.62. The monoisotopic (exact) mass is 482 g/mol. The van der Waals surface area contributed by atoms with E-state index in [1.54, 1.807) is 6.07 Å². The Bertz CT molecular complexity index is 1170. The van der Waals surface area contributed by atoms with Gasteiger partial charge in [-0.05, 0) is 35.7 Å². The van der Waals surface area contributed by atoms with E-state index in [9.17, 15) is 9.59 Å². The predicted octanol–water partition coefficient (Wildman–Crippen LogP) is 5.52. The average molecular weight is 483 g/mol. The van der Waals surface area contributed by atoms with Gasteiger partial charge in [-0.2, -0.15) is 0 Å². The molecule has 0 radical (unpaired) electrons. The molecular weight excluding hydrogens is 456 g/mol. The van der Waals surface area contributed by atoms with E-state index in [1.165, 1.54) is 11.8 Å². The van der Waals surface area contributed by atoms with E-state index in [4.69, 9.17) is 10.5 Å². The summed E-state index contributed by atoms with van der Waals surface area (Å²) in [4.78, 5) is 28.5. The molecule has 0 aliphatic heterocycles. The summed E-state index contributed by atoms with van der Waals surface area (Å²) in [7, 11) is 0. The summed E-state index contributed by atoms with van der Waals surface area (Å²) >= 11 is 1.53. The molecule has 3 aromatic carbocycles. The number of hydrogen-bond acceptors (Lipinski definition) is 6. The fourth-order valence-electron chi connectivity index (χ4n) is 4.03. The molecule has 0 fully saturated rings. The average Bonchev–Trinajstić information content (AvgIpc) is 2.93. The summed E-state index contributed by atoms with van der Waals surface area (Å²) in [5.41, 5.74) is 9.07. The van der Waals surface area contributed by atoms with Crippen molar-refractivity contribution >= 4 is 24.3 Å². The zero-order valence-electron chi connectivity index (χ0n) is 19.2. The van der Waals surface area contributed by atoms with Crippen molar-refractivity contribution in [2.24, 2.45) is 5.73 Å². The Morgan fingerprint density at radius 1 is 0.800 bits per heavy atom. The minimum Gasteiger partial charge on any atom is -0.490 e. The summed E-state index contributed by atoms with van der Waals surface area (Å²) in [5.74, 6) is 0.358. The van der Waals surface area contributed by atoms with Crippen LogP contribution in [0.4, 0.5) is 0 Å². The lowest BCUT2D eigenvalue weighted by Crippen LogP contribution is -2.26. The van der Waals surface area contributed by atoms with Crippen molar-refractivity contribution in [2.75, 3.05) is 13.2 Å². The molecule has 1 heterocycles. The molecule has 0 spiro atoms. The molecule has 0 unspecified atom stereocenters. The Hall–Kier alpha value is -3.74. The zero-order chi connectivity index (χ0) is 24.5. The number of aromatic nitrogens is 1. The summed E-state index contributed by atoms with van der Waals surface area (Å²) in [6.07, 6.45) is 1.90. The quantitative estimate of drug-likeness (QED) is 0.131. The Labute approximate surface area is 209 Å². The van der Waals surface area contributed by atoms with Gasteiger partial charge >= 0.3 is 0 Å². The zero-order valence-corrected chi connectivity index (χ0v) is 20.0. The first kappa shape index (κ1) is 24.4. The van der Waals surface area contributed by atoms with E-state index in [0.29, 0.717) is 42.8 Å². The molecule has 0 saturated carbocycles. The minimum atomic E-state index is -0.697. The van der Waals surface area contributed by atoms with Gasteiger partial charge in [-0.1, -0.05) is 91.0 Å². The van der Waals surface area contributed by atoms with Crippen LogP contribution in [0.3, 0.4) is 0 Å². The smallest absolute Gasteiger partial charge is 0.172 e. The molecule has 1 aromatic heterocycles. The molecule has 6 heteroatoms. The van der Waals surface area contributed by atoms with Crippen LogP contribution in [-0.4, -0.2) is 30.7 Å². The first-order valence-corrected chi connectivity index (χ1v) is 12.2. The second-order valence-corrected chi connectivity index (χ2v) is 9.12. The minimum absolute atomic E-state index is 0.0946. The lowest BCUT2D eigenvalue weighted by Gasteiger charge is -2.36. The summed E-state index contributed by atoms with van der Waals surface area (Å²) in [6, 6.07) is 32.2. The first-order chi connectivity index (χ1) is 17.2. The highest BCUT2D eigenvalue weighted by Crippen LogP contribution is 2.53. The highest BCUT2D eigenvalue weighted by atomic mass is 32.2. The normalized spacial score (nSPS) is 11.1. The van der Waals surface area contributed by atoms with Crippen LogP contribution in [0.25, 0.3) is 0 Å². The molecular formula is C29H26N2O3S. The summed E-state index contributed by atoms with van der Waals surface area (Å²) in [5, 5.41) is 0. The maximum Gasteiger partial charge on any atom is 0.172 e. The van der Waals surface area contributed by atoms with E-state index in [2.05, 4.69) is 41.4 Å². The molecule has 4 rings (SSSR count). The van der Waals surface area contributed by atoms with Gasteiger partial charge in [-0.25, -0.2) is 4.98 Å². The van der Waals surface area contributed by atoms with Crippen LogP contribution in [0, 0.1) is 0 Å². The molecule has 176 valence electrons. The highest BCUT2D eigenvalue weighted by Gasteiger charge is 2.39. The van der Waals surface area contributed by atoms with Crippen molar-refractivity contribution in [1.82, 2.24) is 4.98 Å². The van der Waals surface area contributed by atoms with Crippen molar-refractivity contribution in [3.8, 4) is 5.75 Å². The van der Waals surface area contributed by atoms with Crippen LogP contribution in [0.5, 0.6) is 5.75 Å². The number of nitrogens with zero attached hydrogens (tertiary/aromatic N) is 1. The first-order valence-electron chi connectivity index (χ1n) is 11.4. The maximum atomic E-state index is 12.0. The second-order valence-electron chi connectivity index (χ2n) is 7.87. The molecule has 4 aromatic rings. The number of rotatable bonds is 11. The number of aldehydes is 2. The van der Waals surface area contributed by atoms with E-state index in [0.717, 1.165) is 16.7 Å². The maximum absolute atomic E-state index is 12.0. The third-order valence-corrected chi connectivity index (χ3v) is 7.15. The van der Waals surface area contributed by atoms with Crippen molar-refractivity contribution in [1.29, 1.82) is 0 Å². The predicted molar refractivity (Wildman–Crippen MR) is 139 cm³/mol. The third kappa shape index (κ3) is 5.19. The van der Waals surface area contributed by atoms with Crippen molar-refractivity contribution in [3.05, 3.63) is 125 Å². The van der Waals surface area contributed by atoms with Gasteiger partial charge in [0.25, 0.3) is 0 Å². The molecule has 0 amide bonds. The van der Waals surface area contributed by atoms with E-state index in [-0.39, 0.29) is 11.4 Å². The van der Waals surface area contributed by atoms with Gasteiger partial charge in [0.2, 0.25) is 0 Å². The van der Waals surface area contributed by atoms with Gasteiger partial charge < -0.3 is 10.5 Å². The number of carbonyl (C=O) groups excluding carboxylic acids is 2. The van der Waals surface area contributed by atoms with Gasteiger partial charge in [-0.15, -0.1) is 11.8 Å². The summed E-state index contributed by atoms with van der Waals surface area (Å²) < 4.78 is 5.35. The molecule has 0 aliphatic carbocycles. The molecule has 2 N–H and O–H groups in total. The van der Waals surface area contributed by atoms with Crippen LogP contribution in [0.1, 0.15) is 44.1 Å². The van der Waals surface area contributed by atoms with Gasteiger partial charge in [0.05, 0.1) is 16.2 Å². The SMILES string of the molecule is NCCCOc1c(SC(c2ccccc2)(c2ccccc2)c2ccccc2)cc(C=O)nc1C=O. The van der Waals surface area contributed by atoms with Crippen LogP contribution < -0.4 is 10.5 Å². The molecule has 0 aliphatic rings. The number of pyridine rings is 1. The number of thioether (sulfide) groups is 1. The Balaban J connectivity index is 2.00. The highest BCUT2D eigenvalue weighted by molar-refractivity contribution is 8.00. The largest absolute Gasteiger partial charge is 0.490 e. The Morgan fingerprint density at radius 3 is 1.74 bits per heavy atom. The van der Waals surface area contributed by atoms with Gasteiger partial charge in [-0.3, -0.25) is 9.59 Å². The topological polar surface area (TPSA) is 82.3 Å². The second kappa shape index (κ2) is 11.6. The van der Waals surface area contributed by atoms with Crippen molar-refractivity contribution < 1.29 is 14.3 Å². The van der Waals surface area contributed by atoms with Crippen LogP contribution in [0.15, 0.2) is 102 Å². The fourth-order valence-corrected chi connectivity index (χ4v) is 5.55. The van der Waals surface area contributed by atoms with E-state index < -0.39 is 4.75 Å². The number of ether oxygens (including phenoxy) is 1. The van der Waals surface area contributed by atoms with Gasteiger partial charge in [0.1, 0.15) is 11.4 Å². The van der Waals surface area contributed by atoms with E-state index in [1.807, 2.05) is 54.6 Å². The van der Waals surface area contributed by atoms with Crippen LogP contribution in [0.2, 0.25) is 0 Å². The molecule has 0 saturated heterocycles. The van der Waals surface area contributed by atoms with Crippen LogP contribution >= 0.6 is 11.8 Å². The Morgan fingerprint density at radius 2 is 1.31 bits per heavy atom. The van der Waals surface area contributed by atoms with Crippen molar-refractivity contribution in [3.63, 3.8) is 0 Å². The standard InChI is InChI=1S/C29H26N2O3S/c30-17-10-18-34-28-26(21-33)31-25(20-32)19-27(28)35-29(22-11-4-1-5-12-22,23-13-6-2-7-14-23)24-15-8-3-9-16-24/h1-9,11-16,19-21H,10,17-18,30H2. The Kier molecular flexibility index (Phi) is 8.08. The van der Waals surface area contributed by atoms with E-state index >= 15 is 0 Å². The lowest BCUT2D eigenvalue weighted by molar-refractivity contribution is 0.111. The molecule has 5 nitrogen and oxygen atoms in total. The number of nitrogens with two attached hydrogens (primary N) is 1. The lowest BCUT2D eigenvalue weighted by atomic mass is 9.84. The van der Waals surface area contributed by atoms with Crippen molar-refractivity contribution in [2.45, 2.75) is 16.1 Å². The van der Waals surface area contributed by atoms with Crippen LogP contribution in [-0.2, 0) is 4.75 Å². The number of hydrogen-bond donors (Lipinski definition) is 1. The molecule has 35 heavy (non-hydrogen) atoms. The van der Waals surface area contributed by atoms with Gasteiger partial charge in [0.15, 0.2) is 18.3 Å². The summed E-state index contributed by atoms with van der Waals surface area (Å²) in [6.45, 7) is 0.794. The molecule has 0 bridgehead atoms. The number of benzene rings is 3. The fraction of sp³-hybridized carbons (Fsp3) is 0.138. The van der Waals surface area contributed by atoms with Gasteiger partial charge in [0, 0.05) is 0 Å². The number of carbonyl (C=O) groups is 2. The molecule has 0 atom stereocenters.